The lowest BCUT2D eigenvalue weighted by Gasteiger charge is -2.09. The molecule has 4 rings (SSSR count). The van der Waals surface area contributed by atoms with Gasteiger partial charge in [0.1, 0.15) is 10.6 Å². The lowest BCUT2D eigenvalue weighted by Crippen LogP contribution is -2.13. The van der Waals surface area contributed by atoms with E-state index in [0.29, 0.717) is 16.4 Å². The molecule has 0 aliphatic heterocycles. The molecule has 0 unspecified atom stereocenters. The first-order chi connectivity index (χ1) is 12.9. The van der Waals surface area contributed by atoms with Crippen molar-refractivity contribution in [1.29, 1.82) is 0 Å². The van der Waals surface area contributed by atoms with Crippen LogP contribution in [0, 0.1) is 6.92 Å². The highest BCUT2D eigenvalue weighted by molar-refractivity contribution is 7.92. The molecule has 2 aromatic heterocycles. The SMILES string of the molecule is Cc1ccc(NS(=O)(=O)c2cn(C3CCCC3)nc2-c2cccs2)cc1Cl. The molecule has 1 aliphatic rings. The Hall–Kier alpha value is -1.83. The first-order valence-electron chi connectivity index (χ1n) is 8.86. The van der Waals surface area contributed by atoms with Gasteiger partial charge < -0.3 is 0 Å². The Balaban J connectivity index is 1.75. The Morgan fingerprint density at radius 2 is 2.04 bits per heavy atom. The van der Waals surface area contributed by atoms with Crippen molar-refractivity contribution in [3.05, 3.63) is 52.5 Å². The van der Waals surface area contributed by atoms with Gasteiger partial charge in [0.05, 0.1) is 16.6 Å². The Kier molecular flexibility index (Phi) is 5.01. The van der Waals surface area contributed by atoms with E-state index in [0.717, 1.165) is 36.1 Å². The number of thiophene rings is 1. The van der Waals surface area contributed by atoms with Crippen LogP contribution in [0.5, 0.6) is 0 Å². The molecule has 8 heteroatoms. The molecule has 142 valence electrons. The standard InChI is InChI=1S/C19H20ClN3O2S2/c1-13-8-9-14(11-16(13)20)22-27(24,25)18-12-23(15-5-2-3-6-15)21-19(18)17-7-4-10-26-17/h4,7-12,15,22H,2-3,5-6H2,1H3. The maximum absolute atomic E-state index is 13.1. The molecule has 0 saturated heterocycles. The van der Waals surface area contributed by atoms with Crippen LogP contribution in [0.2, 0.25) is 5.02 Å². The van der Waals surface area contributed by atoms with E-state index in [4.69, 9.17) is 11.6 Å². The average molecular weight is 422 g/mol. The third-order valence-electron chi connectivity index (χ3n) is 4.87. The van der Waals surface area contributed by atoms with Crippen molar-refractivity contribution in [3.8, 4) is 10.6 Å². The second kappa shape index (κ2) is 7.30. The summed E-state index contributed by atoms with van der Waals surface area (Å²) >= 11 is 7.63. The predicted molar refractivity (Wildman–Crippen MR) is 110 cm³/mol. The van der Waals surface area contributed by atoms with Crippen molar-refractivity contribution in [2.75, 3.05) is 4.72 Å². The molecule has 2 heterocycles. The molecular weight excluding hydrogens is 402 g/mol. The van der Waals surface area contributed by atoms with Gasteiger partial charge in [-0.2, -0.15) is 5.10 Å². The zero-order chi connectivity index (χ0) is 19.0. The molecule has 1 aromatic carbocycles. The van der Waals surface area contributed by atoms with Crippen LogP contribution in [0.25, 0.3) is 10.6 Å². The number of hydrogen-bond donors (Lipinski definition) is 1. The van der Waals surface area contributed by atoms with Crippen LogP contribution in [0.3, 0.4) is 0 Å². The van der Waals surface area contributed by atoms with Gasteiger partial charge in [0.2, 0.25) is 0 Å². The number of aromatic nitrogens is 2. The molecule has 0 spiro atoms. The minimum atomic E-state index is -3.79. The van der Waals surface area contributed by atoms with Gasteiger partial charge in [-0.25, -0.2) is 8.42 Å². The number of nitrogens with zero attached hydrogens (tertiary/aromatic N) is 2. The molecule has 1 saturated carbocycles. The van der Waals surface area contributed by atoms with Gasteiger partial charge >= 0.3 is 0 Å². The van der Waals surface area contributed by atoms with Gasteiger partial charge in [-0.3, -0.25) is 9.40 Å². The maximum Gasteiger partial charge on any atom is 0.265 e. The average Bonchev–Trinajstić information content (AvgIpc) is 3.38. The second-order valence-corrected chi connectivity index (χ2v) is 9.81. The molecule has 1 N–H and O–H groups in total. The zero-order valence-corrected chi connectivity index (χ0v) is 17.2. The maximum atomic E-state index is 13.1. The van der Waals surface area contributed by atoms with Gasteiger partial charge in [-0.05, 0) is 48.9 Å². The van der Waals surface area contributed by atoms with E-state index < -0.39 is 10.0 Å². The molecule has 0 amide bonds. The molecule has 27 heavy (non-hydrogen) atoms. The molecule has 0 radical (unpaired) electrons. The fraction of sp³-hybridized carbons (Fsp3) is 0.316. The highest BCUT2D eigenvalue weighted by Gasteiger charge is 2.27. The molecule has 0 bridgehead atoms. The second-order valence-electron chi connectivity index (χ2n) is 6.81. The summed E-state index contributed by atoms with van der Waals surface area (Å²) in [5.74, 6) is 0. The fourth-order valence-corrected chi connectivity index (χ4v) is 5.55. The summed E-state index contributed by atoms with van der Waals surface area (Å²) in [5, 5.41) is 7.10. The van der Waals surface area contributed by atoms with E-state index in [2.05, 4.69) is 9.82 Å². The van der Waals surface area contributed by atoms with Crippen LogP contribution in [0.15, 0.2) is 46.8 Å². The van der Waals surface area contributed by atoms with Gasteiger partial charge in [0, 0.05) is 11.2 Å². The van der Waals surface area contributed by atoms with E-state index >= 15 is 0 Å². The number of sulfonamides is 1. The Labute approximate surface area is 168 Å². The van der Waals surface area contributed by atoms with Crippen LogP contribution in [0.1, 0.15) is 37.3 Å². The zero-order valence-electron chi connectivity index (χ0n) is 14.9. The smallest absolute Gasteiger partial charge is 0.265 e. The number of anilines is 1. The molecule has 1 aliphatic carbocycles. The predicted octanol–water partition coefficient (Wildman–Crippen LogP) is 5.49. The van der Waals surface area contributed by atoms with Crippen LogP contribution in [-0.4, -0.2) is 18.2 Å². The summed E-state index contributed by atoms with van der Waals surface area (Å²) in [7, 11) is -3.79. The first kappa shape index (κ1) is 18.5. The third-order valence-corrected chi connectivity index (χ3v) is 7.53. The summed E-state index contributed by atoms with van der Waals surface area (Å²) in [6.07, 6.45) is 6.05. The summed E-state index contributed by atoms with van der Waals surface area (Å²) in [6, 6.07) is 9.20. The van der Waals surface area contributed by atoms with Crippen molar-refractivity contribution < 1.29 is 8.42 Å². The van der Waals surface area contributed by atoms with Gasteiger partial charge in [0.15, 0.2) is 0 Å². The van der Waals surface area contributed by atoms with E-state index in [-0.39, 0.29) is 10.9 Å². The molecule has 3 aromatic rings. The van der Waals surface area contributed by atoms with E-state index in [1.54, 1.807) is 24.4 Å². The quantitative estimate of drug-likeness (QED) is 0.592. The molecule has 1 fully saturated rings. The van der Waals surface area contributed by atoms with Crippen LogP contribution >= 0.6 is 22.9 Å². The largest absolute Gasteiger partial charge is 0.279 e. The number of aryl methyl sites for hydroxylation is 1. The number of benzene rings is 1. The van der Waals surface area contributed by atoms with Gasteiger partial charge in [-0.15, -0.1) is 11.3 Å². The van der Waals surface area contributed by atoms with E-state index in [1.165, 1.54) is 11.3 Å². The van der Waals surface area contributed by atoms with E-state index in [1.807, 2.05) is 29.1 Å². The number of halogens is 1. The Bertz CT molecular complexity index is 1050. The summed E-state index contributed by atoms with van der Waals surface area (Å²) in [5.41, 5.74) is 1.84. The topological polar surface area (TPSA) is 64.0 Å². The van der Waals surface area contributed by atoms with E-state index in [9.17, 15) is 8.42 Å². The Morgan fingerprint density at radius 1 is 1.26 bits per heavy atom. The first-order valence-corrected chi connectivity index (χ1v) is 11.6. The van der Waals surface area contributed by atoms with Crippen molar-refractivity contribution >= 4 is 38.6 Å². The minimum Gasteiger partial charge on any atom is -0.279 e. The highest BCUT2D eigenvalue weighted by Crippen LogP contribution is 2.35. The number of hydrogen-bond acceptors (Lipinski definition) is 4. The molecule has 5 nitrogen and oxygen atoms in total. The fourth-order valence-electron chi connectivity index (χ4n) is 3.38. The highest BCUT2D eigenvalue weighted by atomic mass is 35.5. The van der Waals surface area contributed by atoms with Crippen LogP contribution < -0.4 is 4.72 Å². The van der Waals surface area contributed by atoms with Crippen LogP contribution in [0.4, 0.5) is 5.69 Å². The normalized spacial score (nSPS) is 15.3. The Morgan fingerprint density at radius 3 is 2.70 bits per heavy atom. The van der Waals surface area contributed by atoms with Crippen molar-refractivity contribution in [1.82, 2.24) is 9.78 Å². The molecular formula is C19H20ClN3O2S2. The molecule has 0 atom stereocenters. The lowest BCUT2D eigenvalue weighted by atomic mass is 10.2. The van der Waals surface area contributed by atoms with Crippen molar-refractivity contribution in [2.45, 2.75) is 43.5 Å². The summed E-state index contributed by atoms with van der Waals surface area (Å²) in [6.45, 7) is 1.88. The van der Waals surface area contributed by atoms with Crippen molar-refractivity contribution in [2.24, 2.45) is 0 Å². The number of rotatable bonds is 5. The summed E-state index contributed by atoms with van der Waals surface area (Å²) < 4.78 is 30.8. The van der Waals surface area contributed by atoms with Gasteiger partial charge in [0.25, 0.3) is 10.0 Å². The third kappa shape index (κ3) is 3.77. The lowest BCUT2D eigenvalue weighted by molar-refractivity contribution is 0.467. The van der Waals surface area contributed by atoms with Crippen LogP contribution in [-0.2, 0) is 10.0 Å². The number of nitrogens with one attached hydrogen (secondary N) is 1. The van der Waals surface area contributed by atoms with Gasteiger partial charge in [-0.1, -0.05) is 36.6 Å². The van der Waals surface area contributed by atoms with Crippen molar-refractivity contribution in [3.63, 3.8) is 0 Å². The summed E-state index contributed by atoms with van der Waals surface area (Å²) in [4.78, 5) is 1.04. The minimum absolute atomic E-state index is 0.202. The monoisotopic (exact) mass is 421 g/mol.